The monoisotopic (exact) mass is 243 g/mol. The molecule has 18 heavy (non-hydrogen) atoms. The summed E-state index contributed by atoms with van der Waals surface area (Å²) in [6.45, 7) is 2.65. The van der Waals surface area contributed by atoms with E-state index in [9.17, 15) is 4.39 Å². The van der Waals surface area contributed by atoms with Gasteiger partial charge in [-0.2, -0.15) is 0 Å². The molecule has 2 aromatic rings. The number of hydrogen-bond donors (Lipinski definition) is 1. The zero-order valence-corrected chi connectivity index (χ0v) is 10.1. The van der Waals surface area contributed by atoms with Crippen LogP contribution in [-0.4, -0.2) is 6.54 Å². The van der Waals surface area contributed by atoms with Crippen molar-refractivity contribution in [2.45, 2.75) is 12.5 Å². The normalized spacial score (nSPS) is 21.7. The standard InChI is InChI=1S/C15H14FNO/c1-15(11-5-3-2-4-6-11)10-17-13-9-12(16)7-8-14(13)18-15/h2-9,17H,10H2,1H3. The van der Waals surface area contributed by atoms with E-state index in [4.69, 9.17) is 4.74 Å². The largest absolute Gasteiger partial charge is 0.479 e. The number of hydrogen-bond acceptors (Lipinski definition) is 2. The molecule has 92 valence electrons. The molecule has 3 rings (SSSR count). The van der Waals surface area contributed by atoms with Crippen LogP contribution >= 0.6 is 0 Å². The first-order chi connectivity index (χ1) is 8.67. The Balaban J connectivity index is 1.97. The highest BCUT2D eigenvalue weighted by atomic mass is 19.1. The summed E-state index contributed by atoms with van der Waals surface area (Å²) in [6, 6.07) is 14.6. The molecular weight excluding hydrogens is 229 g/mol. The maximum atomic E-state index is 13.1. The topological polar surface area (TPSA) is 21.3 Å². The third-order valence-electron chi connectivity index (χ3n) is 3.28. The second-order valence-electron chi connectivity index (χ2n) is 4.69. The summed E-state index contributed by atoms with van der Waals surface area (Å²) in [5, 5.41) is 3.23. The predicted molar refractivity (Wildman–Crippen MR) is 69.3 cm³/mol. The highest BCUT2D eigenvalue weighted by Gasteiger charge is 2.33. The molecular formula is C15H14FNO. The van der Waals surface area contributed by atoms with Crippen LogP contribution in [0, 0.1) is 5.82 Å². The maximum absolute atomic E-state index is 13.1. The zero-order valence-electron chi connectivity index (χ0n) is 10.1. The van der Waals surface area contributed by atoms with Crippen LogP contribution in [-0.2, 0) is 5.60 Å². The fourth-order valence-electron chi connectivity index (χ4n) is 2.22. The van der Waals surface area contributed by atoms with Gasteiger partial charge in [0.05, 0.1) is 12.2 Å². The Morgan fingerprint density at radius 2 is 1.94 bits per heavy atom. The maximum Gasteiger partial charge on any atom is 0.148 e. The SMILES string of the molecule is CC1(c2ccccc2)CNc2cc(F)ccc2O1. The Morgan fingerprint density at radius 3 is 2.72 bits per heavy atom. The van der Waals surface area contributed by atoms with Gasteiger partial charge < -0.3 is 10.1 Å². The molecule has 0 amide bonds. The van der Waals surface area contributed by atoms with Crippen LogP contribution in [0.3, 0.4) is 0 Å². The number of halogens is 1. The number of fused-ring (bicyclic) bond motifs is 1. The smallest absolute Gasteiger partial charge is 0.148 e. The summed E-state index contributed by atoms with van der Waals surface area (Å²) in [6.07, 6.45) is 0. The minimum absolute atomic E-state index is 0.256. The van der Waals surface area contributed by atoms with Gasteiger partial charge in [-0.3, -0.25) is 0 Å². The molecule has 1 N–H and O–H groups in total. The molecule has 1 aliphatic rings. The molecule has 2 nitrogen and oxygen atoms in total. The number of benzene rings is 2. The molecule has 0 spiro atoms. The van der Waals surface area contributed by atoms with Crippen LogP contribution < -0.4 is 10.1 Å². The number of ether oxygens (including phenoxy) is 1. The quantitative estimate of drug-likeness (QED) is 0.827. The van der Waals surface area contributed by atoms with Gasteiger partial charge in [0.2, 0.25) is 0 Å². The lowest BCUT2D eigenvalue weighted by Gasteiger charge is -2.36. The van der Waals surface area contributed by atoms with Crippen molar-refractivity contribution in [1.29, 1.82) is 0 Å². The molecule has 3 heteroatoms. The second kappa shape index (κ2) is 4.02. The van der Waals surface area contributed by atoms with Gasteiger partial charge in [0.15, 0.2) is 0 Å². The highest BCUT2D eigenvalue weighted by Crippen LogP contribution is 2.37. The van der Waals surface area contributed by atoms with E-state index in [-0.39, 0.29) is 5.82 Å². The summed E-state index contributed by atoms with van der Waals surface area (Å²) >= 11 is 0. The van der Waals surface area contributed by atoms with E-state index in [0.29, 0.717) is 18.0 Å². The molecule has 0 saturated carbocycles. The first kappa shape index (κ1) is 11.1. The van der Waals surface area contributed by atoms with Crippen molar-refractivity contribution in [3.05, 3.63) is 59.9 Å². The molecule has 0 radical (unpaired) electrons. The van der Waals surface area contributed by atoms with Crippen LogP contribution in [0.4, 0.5) is 10.1 Å². The second-order valence-corrected chi connectivity index (χ2v) is 4.69. The Morgan fingerprint density at radius 1 is 1.17 bits per heavy atom. The van der Waals surface area contributed by atoms with Gasteiger partial charge in [-0.1, -0.05) is 30.3 Å². The van der Waals surface area contributed by atoms with Crippen LogP contribution in [0.1, 0.15) is 12.5 Å². The molecule has 2 aromatic carbocycles. The molecule has 1 unspecified atom stereocenters. The Hall–Kier alpha value is -2.03. The van der Waals surface area contributed by atoms with Crippen LogP contribution in [0.15, 0.2) is 48.5 Å². The third kappa shape index (κ3) is 1.82. The molecule has 1 heterocycles. The zero-order chi connectivity index (χ0) is 12.6. The fraction of sp³-hybridized carbons (Fsp3) is 0.200. The van der Waals surface area contributed by atoms with Gasteiger partial charge in [-0.15, -0.1) is 0 Å². The number of rotatable bonds is 1. The van der Waals surface area contributed by atoms with Gasteiger partial charge in [0.25, 0.3) is 0 Å². The van der Waals surface area contributed by atoms with E-state index in [1.54, 1.807) is 6.07 Å². The van der Waals surface area contributed by atoms with E-state index in [0.717, 1.165) is 5.56 Å². The van der Waals surface area contributed by atoms with Gasteiger partial charge in [-0.25, -0.2) is 4.39 Å². The minimum atomic E-state index is -0.425. The van der Waals surface area contributed by atoms with E-state index in [1.165, 1.54) is 12.1 Å². The molecule has 0 saturated heterocycles. The van der Waals surface area contributed by atoms with E-state index >= 15 is 0 Å². The first-order valence-electron chi connectivity index (χ1n) is 5.95. The fourth-order valence-corrected chi connectivity index (χ4v) is 2.22. The van der Waals surface area contributed by atoms with Crippen molar-refractivity contribution in [3.8, 4) is 5.75 Å². The lowest BCUT2D eigenvalue weighted by molar-refractivity contribution is 0.0938. The van der Waals surface area contributed by atoms with E-state index in [1.807, 2.05) is 37.3 Å². The summed E-state index contributed by atoms with van der Waals surface area (Å²) in [5.74, 6) is 0.433. The summed E-state index contributed by atoms with van der Waals surface area (Å²) < 4.78 is 19.1. The summed E-state index contributed by atoms with van der Waals surface area (Å²) in [7, 11) is 0. The molecule has 1 atom stereocenters. The summed E-state index contributed by atoms with van der Waals surface area (Å²) in [4.78, 5) is 0. The van der Waals surface area contributed by atoms with Crippen molar-refractivity contribution >= 4 is 5.69 Å². The Kier molecular flexibility index (Phi) is 2.47. The van der Waals surface area contributed by atoms with Gasteiger partial charge >= 0.3 is 0 Å². The average molecular weight is 243 g/mol. The molecule has 1 aliphatic heterocycles. The Bertz CT molecular complexity index is 570. The lowest BCUT2D eigenvalue weighted by Crippen LogP contribution is -2.40. The highest BCUT2D eigenvalue weighted by molar-refractivity contribution is 5.59. The minimum Gasteiger partial charge on any atom is -0.479 e. The molecule has 0 bridgehead atoms. The molecule has 0 fully saturated rings. The predicted octanol–water partition coefficient (Wildman–Crippen LogP) is 3.55. The van der Waals surface area contributed by atoms with Crippen molar-refractivity contribution in [1.82, 2.24) is 0 Å². The van der Waals surface area contributed by atoms with Crippen molar-refractivity contribution in [2.24, 2.45) is 0 Å². The van der Waals surface area contributed by atoms with Crippen LogP contribution in [0.2, 0.25) is 0 Å². The first-order valence-corrected chi connectivity index (χ1v) is 5.95. The number of nitrogens with one attached hydrogen (secondary N) is 1. The van der Waals surface area contributed by atoms with E-state index in [2.05, 4.69) is 5.32 Å². The van der Waals surface area contributed by atoms with Gasteiger partial charge in [0.1, 0.15) is 17.2 Å². The molecule has 0 aromatic heterocycles. The number of anilines is 1. The summed E-state index contributed by atoms with van der Waals surface area (Å²) in [5.41, 5.74) is 1.39. The molecule has 0 aliphatic carbocycles. The van der Waals surface area contributed by atoms with Gasteiger partial charge in [-0.05, 0) is 24.6 Å². The van der Waals surface area contributed by atoms with Crippen molar-refractivity contribution in [2.75, 3.05) is 11.9 Å². The van der Waals surface area contributed by atoms with Crippen LogP contribution in [0.25, 0.3) is 0 Å². The van der Waals surface area contributed by atoms with E-state index < -0.39 is 5.60 Å². The average Bonchev–Trinajstić information content (AvgIpc) is 2.40. The van der Waals surface area contributed by atoms with Crippen LogP contribution in [0.5, 0.6) is 5.75 Å². The lowest BCUT2D eigenvalue weighted by atomic mass is 9.94. The van der Waals surface area contributed by atoms with Crippen molar-refractivity contribution < 1.29 is 9.13 Å². The third-order valence-corrected chi connectivity index (χ3v) is 3.28. The van der Waals surface area contributed by atoms with Gasteiger partial charge in [0, 0.05) is 6.07 Å². The Labute approximate surface area is 105 Å². The van der Waals surface area contributed by atoms with Crippen molar-refractivity contribution in [3.63, 3.8) is 0 Å².